The molecule has 0 aliphatic carbocycles. The molecule has 0 radical (unpaired) electrons. The Morgan fingerprint density at radius 3 is 2.68 bits per heavy atom. The van der Waals surface area contributed by atoms with Gasteiger partial charge in [0.25, 0.3) is 0 Å². The van der Waals surface area contributed by atoms with Gasteiger partial charge in [-0.2, -0.15) is 0 Å². The average Bonchev–Trinajstić information content (AvgIpc) is 3.23. The molecule has 1 atom stereocenters. The summed E-state index contributed by atoms with van der Waals surface area (Å²) in [6, 6.07) is 2.87. The topological polar surface area (TPSA) is 87.2 Å². The summed E-state index contributed by atoms with van der Waals surface area (Å²) in [5.74, 6) is 0.651. The lowest BCUT2D eigenvalue weighted by Gasteiger charge is -2.37. The van der Waals surface area contributed by atoms with Crippen molar-refractivity contribution in [1.82, 2.24) is 9.88 Å². The van der Waals surface area contributed by atoms with E-state index in [2.05, 4.69) is 4.98 Å². The molecule has 0 saturated carbocycles. The third-order valence-corrected chi connectivity index (χ3v) is 5.44. The predicted octanol–water partition coefficient (Wildman–Crippen LogP) is 3.96. The maximum Gasteiger partial charge on any atom is 0.411 e. The molecule has 0 spiro atoms. The molecule has 168 valence electrons. The Balaban J connectivity index is 1.95. The Kier molecular flexibility index (Phi) is 7.04. The summed E-state index contributed by atoms with van der Waals surface area (Å²) in [6.45, 7) is 7.86. The number of carbonyl (C=O) groups excluding carboxylic acids is 2. The molecular weight excluding hydrogens is 420 g/mol. The lowest BCUT2D eigenvalue weighted by molar-refractivity contribution is -0.150. The van der Waals surface area contributed by atoms with Gasteiger partial charge in [0.2, 0.25) is 0 Å². The van der Waals surface area contributed by atoms with E-state index in [0.29, 0.717) is 18.1 Å². The molecule has 2 aromatic rings. The lowest BCUT2D eigenvalue weighted by atomic mass is 9.92. The van der Waals surface area contributed by atoms with Crippen LogP contribution >= 0.6 is 11.3 Å². The van der Waals surface area contributed by atoms with Crippen molar-refractivity contribution in [1.29, 1.82) is 0 Å². The highest BCUT2D eigenvalue weighted by atomic mass is 32.1. The van der Waals surface area contributed by atoms with Crippen LogP contribution in [0.15, 0.2) is 23.8 Å². The number of fused-ring (bicyclic) bond motifs is 1. The number of thiazole rings is 1. The number of hydrogen-bond acceptors (Lipinski definition) is 8. The van der Waals surface area contributed by atoms with Crippen molar-refractivity contribution in [2.24, 2.45) is 0 Å². The summed E-state index contributed by atoms with van der Waals surface area (Å²) in [5, 5.41) is 0. The Bertz CT molecular complexity index is 923. The minimum Gasteiger partial charge on any atom is -0.493 e. The molecule has 0 unspecified atom stereocenters. The van der Waals surface area contributed by atoms with Crippen molar-refractivity contribution in [3.05, 3.63) is 39.8 Å². The van der Waals surface area contributed by atoms with E-state index in [1.54, 1.807) is 52.6 Å². The molecule has 3 rings (SSSR count). The lowest BCUT2D eigenvalue weighted by Crippen LogP contribution is -2.50. The van der Waals surface area contributed by atoms with Crippen LogP contribution in [-0.4, -0.2) is 47.3 Å². The highest BCUT2D eigenvalue weighted by molar-refractivity contribution is 7.09. The van der Waals surface area contributed by atoms with Gasteiger partial charge in [-0.25, -0.2) is 9.59 Å². The average molecular weight is 449 g/mol. The number of ether oxygens (including phenoxy) is 4. The Labute approximate surface area is 186 Å². The molecular formula is C22H28N2O6S. The van der Waals surface area contributed by atoms with E-state index in [1.165, 1.54) is 16.2 Å². The van der Waals surface area contributed by atoms with E-state index < -0.39 is 23.7 Å². The van der Waals surface area contributed by atoms with Crippen LogP contribution in [0.2, 0.25) is 0 Å². The summed E-state index contributed by atoms with van der Waals surface area (Å²) in [4.78, 5) is 32.1. The maximum atomic E-state index is 12.9. The second kappa shape index (κ2) is 9.55. The van der Waals surface area contributed by atoms with Crippen LogP contribution in [0.1, 0.15) is 43.7 Å². The first kappa shape index (κ1) is 22.9. The zero-order chi connectivity index (χ0) is 22.6. The molecule has 8 nitrogen and oxygen atoms in total. The smallest absolute Gasteiger partial charge is 0.411 e. The fraction of sp³-hybridized carbons (Fsp3) is 0.500. The van der Waals surface area contributed by atoms with E-state index >= 15 is 0 Å². The van der Waals surface area contributed by atoms with Gasteiger partial charge in [0.1, 0.15) is 18.2 Å². The Hall–Kier alpha value is -2.81. The van der Waals surface area contributed by atoms with E-state index in [-0.39, 0.29) is 19.6 Å². The maximum absolute atomic E-state index is 12.9. The molecule has 31 heavy (non-hydrogen) atoms. The molecule has 1 aliphatic heterocycles. The Morgan fingerprint density at radius 2 is 2.06 bits per heavy atom. The van der Waals surface area contributed by atoms with Gasteiger partial charge in [0, 0.05) is 18.2 Å². The molecule has 9 heteroatoms. The number of benzene rings is 1. The summed E-state index contributed by atoms with van der Waals surface area (Å²) in [7, 11) is 1.57. The number of rotatable bonds is 6. The van der Waals surface area contributed by atoms with Gasteiger partial charge in [-0.1, -0.05) is 6.07 Å². The summed E-state index contributed by atoms with van der Waals surface area (Å²) >= 11 is 1.49. The van der Waals surface area contributed by atoms with E-state index in [0.717, 1.165) is 16.0 Å². The molecule has 1 aliphatic rings. The standard InChI is InChI=1S/C22H28N2O6S/c1-6-28-20(25)17-9-16-14(11-24(17)21(26)30-22(2,3)4)7-8-18(27-5)19(16)29-12-15-10-23-13-31-15/h7-8,10,13,17H,6,9,11-12H2,1-5H3/t17-/m0/s1. The number of nitrogens with zero attached hydrogens (tertiary/aromatic N) is 2. The first-order valence-corrected chi connectivity index (χ1v) is 11.0. The zero-order valence-corrected chi connectivity index (χ0v) is 19.3. The molecule has 0 fully saturated rings. The Morgan fingerprint density at radius 1 is 1.29 bits per heavy atom. The third kappa shape index (κ3) is 5.46. The van der Waals surface area contributed by atoms with Gasteiger partial charge in [-0.3, -0.25) is 9.88 Å². The van der Waals surface area contributed by atoms with Crippen molar-refractivity contribution in [2.45, 2.75) is 58.9 Å². The second-order valence-electron chi connectivity index (χ2n) is 8.07. The van der Waals surface area contributed by atoms with Crippen LogP contribution in [0.25, 0.3) is 0 Å². The van der Waals surface area contributed by atoms with Gasteiger partial charge in [0.05, 0.1) is 30.6 Å². The summed E-state index contributed by atoms with van der Waals surface area (Å²) in [6.07, 6.45) is 1.43. The van der Waals surface area contributed by atoms with Crippen molar-refractivity contribution in [3.63, 3.8) is 0 Å². The number of hydrogen-bond donors (Lipinski definition) is 0. The van der Waals surface area contributed by atoms with Crippen LogP contribution in [0.5, 0.6) is 11.5 Å². The van der Waals surface area contributed by atoms with Crippen LogP contribution in [0.4, 0.5) is 4.79 Å². The zero-order valence-electron chi connectivity index (χ0n) is 18.5. The van der Waals surface area contributed by atoms with Crippen LogP contribution in [-0.2, 0) is 33.8 Å². The van der Waals surface area contributed by atoms with Gasteiger partial charge in [-0.05, 0) is 39.3 Å². The normalized spacial score (nSPS) is 15.8. The molecule has 1 aromatic carbocycles. The molecule has 2 heterocycles. The van der Waals surface area contributed by atoms with Crippen LogP contribution in [0, 0.1) is 0 Å². The van der Waals surface area contributed by atoms with Crippen LogP contribution in [0.3, 0.4) is 0 Å². The predicted molar refractivity (Wildman–Crippen MR) is 115 cm³/mol. The largest absolute Gasteiger partial charge is 0.493 e. The number of methoxy groups -OCH3 is 1. The number of amides is 1. The number of aromatic nitrogens is 1. The summed E-state index contributed by atoms with van der Waals surface area (Å²) in [5.41, 5.74) is 2.75. The quantitative estimate of drug-likeness (QED) is 0.618. The monoisotopic (exact) mass is 448 g/mol. The highest BCUT2D eigenvalue weighted by Crippen LogP contribution is 2.39. The van der Waals surface area contributed by atoms with E-state index in [9.17, 15) is 9.59 Å². The van der Waals surface area contributed by atoms with Gasteiger partial charge in [0.15, 0.2) is 11.5 Å². The molecule has 0 N–H and O–H groups in total. The minimum absolute atomic E-state index is 0.203. The first-order chi connectivity index (χ1) is 14.7. The van der Waals surface area contributed by atoms with Gasteiger partial charge < -0.3 is 18.9 Å². The van der Waals surface area contributed by atoms with Crippen molar-refractivity contribution < 1.29 is 28.5 Å². The fourth-order valence-electron chi connectivity index (χ4n) is 3.35. The SMILES string of the molecule is CCOC(=O)[C@@H]1Cc2c(ccc(OC)c2OCc2cncs2)CN1C(=O)OC(C)(C)C. The van der Waals surface area contributed by atoms with Gasteiger partial charge >= 0.3 is 12.1 Å². The highest BCUT2D eigenvalue weighted by Gasteiger charge is 2.39. The van der Waals surface area contributed by atoms with Crippen molar-refractivity contribution in [2.75, 3.05) is 13.7 Å². The van der Waals surface area contributed by atoms with Crippen molar-refractivity contribution >= 4 is 23.4 Å². The number of esters is 1. The fourth-order valence-corrected chi connectivity index (χ4v) is 3.86. The first-order valence-electron chi connectivity index (χ1n) is 10.1. The second-order valence-corrected chi connectivity index (χ2v) is 9.04. The molecule has 0 bridgehead atoms. The molecule has 0 saturated heterocycles. The number of carbonyl (C=O) groups is 2. The van der Waals surface area contributed by atoms with Crippen molar-refractivity contribution in [3.8, 4) is 11.5 Å². The minimum atomic E-state index is -0.819. The van der Waals surface area contributed by atoms with E-state index in [1.807, 2.05) is 6.07 Å². The molecule has 1 aromatic heterocycles. The molecule has 1 amide bonds. The third-order valence-electron chi connectivity index (χ3n) is 4.68. The van der Waals surface area contributed by atoms with Crippen LogP contribution < -0.4 is 9.47 Å². The van der Waals surface area contributed by atoms with Gasteiger partial charge in [-0.15, -0.1) is 11.3 Å². The van der Waals surface area contributed by atoms with E-state index in [4.69, 9.17) is 18.9 Å². The summed E-state index contributed by atoms with van der Waals surface area (Å²) < 4.78 is 22.4.